The molecular formula is C8H7F5O6S. The molecule has 1 rings (SSSR count). The van der Waals surface area contributed by atoms with E-state index >= 15 is 0 Å². The van der Waals surface area contributed by atoms with Gasteiger partial charge in [0.1, 0.15) is 5.78 Å². The summed E-state index contributed by atoms with van der Waals surface area (Å²) >= 11 is 0. The Balaban J connectivity index is 2.98. The number of alkyl halides is 5. The maximum absolute atomic E-state index is 13.0. The van der Waals surface area contributed by atoms with E-state index in [1.807, 2.05) is 0 Å². The third-order valence-corrected chi connectivity index (χ3v) is 3.36. The number of carbonyl (C=O) groups is 2. The lowest BCUT2D eigenvalue weighted by Crippen LogP contribution is -2.53. The summed E-state index contributed by atoms with van der Waals surface area (Å²) in [5, 5.41) is -5.76. The summed E-state index contributed by atoms with van der Waals surface area (Å²) in [6, 6.07) is 0. The third kappa shape index (κ3) is 3.23. The van der Waals surface area contributed by atoms with Crippen LogP contribution in [0, 0.1) is 5.92 Å². The highest BCUT2D eigenvalue weighted by atomic mass is 32.2. The van der Waals surface area contributed by atoms with Crippen molar-refractivity contribution in [3.63, 3.8) is 0 Å². The van der Waals surface area contributed by atoms with Crippen molar-refractivity contribution in [1.82, 2.24) is 0 Å². The van der Waals surface area contributed by atoms with Gasteiger partial charge in [-0.2, -0.15) is 30.4 Å². The van der Waals surface area contributed by atoms with Gasteiger partial charge in [0.05, 0.1) is 5.92 Å². The maximum Gasteiger partial charge on any atom is 0.432 e. The van der Waals surface area contributed by atoms with Gasteiger partial charge in [0, 0.05) is 12.8 Å². The Kier molecular flexibility index (Phi) is 4.11. The molecule has 1 aliphatic carbocycles. The van der Waals surface area contributed by atoms with E-state index in [9.17, 15) is 40.0 Å². The lowest BCUT2D eigenvalue weighted by atomic mass is 9.84. The number of carbonyl (C=O) groups excluding carboxylic acids is 2. The fraction of sp³-hybridized carbons (Fsp3) is 0.750. The van der Waals surface area contributed by atoms with Crippen LogP contribution in [0.1, 0.15) is 12.8 Å². The average molecular weight is 326 g/mol. The van der Waals surface area contributed by atoms with Gasteiger partial charge >= 0.3 is 27.5 Å². The highest BCUT2D eigenvalue weighted by molar-refractivity contribution is 7.86. The van der Waals surface area contributed by atoms with Crippen LogP contribution >= 0.6 is 0 Å². The lowest BCUT2D eigenvalue weighted by molar-refractivity contribution is -0.261. The first-order chi connectivity index (χ1) is 8.76. The molecule has 0 amide bonds. The highest BCUT2D eigenvalue weighted by Gasteiger charge is 2.66. The minimum atomic E-state index is -6.45. The minimum absolute atomic E-state index is 0.471. The molecule has 6 nitrogen and oxygen atoms in total. The van der Waals surface area contributed by atoms with Crippen LogP contribution in [0.2, 0.25) is 0 Å². The van der Waals surface area contributed by atoms with Crippen LogP contribution in [0.5, 0.6) is 0 Å². The number of ether oxygens (including phenoxy) is 1. The fourth-order valence-corrected chi connectivity index (χ4v) is 1.78. The number of hydrogen-bond donors (Lipinski definition) is 1. The van der Waals surface area contributed by atoms with Crippen LogP contribution in [0.25, 0.3) is 0 Å². The van der Waals surface area contributed by atoms with E-state index in [0.717, 1.165) is 0 Å². The fourth-order valence-electron chi connectivity index (χ4n) is 1.33. The van der Waals surface area contributed by atoms with E-state index < -0.39 is 58.2 Å². The van der Waals surface area contributed by atoms with E-state index in [2.05, 4.69) is 4.74 Å². The molecule has 0 aliphatic heterocycles. The Hall–Kier alpha value is -1.30. The van der Waals surface area contributed by atoms with Gasteiger partial charge in [-0.1, -0.05) is 0 Å². The number of ketones is 1. The summed E-state index contributed by atoms with van der Waals surface area (Å²) < 4.78 is 95.3. The summed E-state index contributed by atoms with van der Waals surface area (Å²) in [7, 11) is -6.45. The van der Waals surface area contributed by atoms with Gasteiger partial charge in [-0.25, -0.2) is 0 Å². The summed E-state index contributed by atoms with van der Waals surface area (Å²) in [6.07, 6.45) is -11.2. The van der Waals surface area contributed by atoms with Crippen LogP contribution in [-0.2, 0) is 24.4 Å². The van der Waals surface area contributed by atoms with Gasteiger partial charge in [0.2, 0.25) is 0 Å². The van der Waals surface area contributed by atoms with E-state index in [4.69, 9.17) is 4.55 Å². The lowest BCUT2D eigenvalue weighted by Gasteiger charge is -2.29. The standard InChI is InChI=1S/C8H7F5O6S/c9-7(10,11)6(8(12,13)20(16,17)18)19-5(15)3-1-4(14)2-3/h3,6H,1-2H2,(H,16,17,18). The summed E-state index contributed by atoms with van der Waals surface area (Å²) in [5.74, 6) is -3.59. The van der Waals surface area contributed by atoms with Crippen molar-refractivity contribution in [2.24, 2.45) is 5.92 Å². The topological polar surface area (TPSA) is 97.7 Å². The molecule has 0 aromatic carbocycles. The molecule has 0 spiro atoms. The molecule has 0 saturated heterocycles. The van der Waals surface area contributed by atoms with Gasteiger partial charge in [0.15, 0.2) is 0 Å². The molecule has 0 radical (unpaired) electrons. The summed E-state index contributed by atoms with van der Waals surface area (Å²) in [6.45, 7) is 0. The molecule has 1 N–H and O–H groups in total. The predicted molar refractivity (Wildman–Crippen MR) is 50.2 cm³/mol. The van der Waals surface area contributed by atoms with Crippen molar-refractivity contribution in [1.29, 1.82) is 0 Å². The highest BCUT2D eigenvalue weighted by Crippen LogP contribution is 2.39. The van der Waals surface area contributed by atoms with E-state index in [1.54, 1.807) is 0 Å². The maximum atomic E-state index is 13.0. The van der Waals surface area contributed by atoms with Crippen molar-refractivity contribution in [2.45, 2.75) is 30.4 Å². The van der Waals surface area contributed by atoms with Gasteiger partial charge in [-0.15, -0.1) is 0 Å². The van der Waals surface area contributed by atoms with Crippen molar-refractivity contribution in [2.75, 3.05) is 0 Å². The van der Waals surface area contributed by atoms with E-state index in [-0.39, 0.29) is 0 Å². The van der Waals surface area contributed by atoms with Gasteiger partial charge in [0.25, 0.3) is 6.10 Å². The second kappa shape index (κ2) is 4.91. The van der Waals surface area contributed by atoms with Crippen LogP contribution in [-0.4, -0.2) is 42.3 Å². The second-order valence-corrected chi connectivity index (χ2v) is 5.53. The summed E-state index contributed by atoms with van der Waals surface area (Å²) in [5.41, 5.74) is 0. The SMILES string of the molecule is O=C1CC(C(=O)OC(C(F)(F)F)C(F)(F)S(=O)(=O)O)C1. The van der Waals surface area contributed by atoms with Gasteiger partial charge in [-0.3, -0.25) is 14.1 Å². The molecule has 0 aromatic heterocycles. The van der Waals surface area contributed by atoms with Crippen LogP contribution in [0.15, 0.2) is 0 Å². The van der Waals surface area contributed by atoms with Gasteiger partial charge < -0.3 is 4.74 Å². The molecule has 1 unspecified atom stereocenters. The molecule has 12 heteroatoms. The molecule has 20 heavy (non-hydrogen) atoms. The Morgan fingerprint density at radius 2 is 1.70 bits per heavy atom. The van der Waals surface area contributed by atoms with E-state index in [0.29, 0.717) is 0 Å². The Labute approximate surface area is 108 Å². The molecule has 1 atom stereocenters. The number of Topliss-reactive ketones (excluding diaryl/α,β-unsaturated/α-hetero) is 1. The normalized spacial score (nSPS) is 19.4. The van der Waals surface area contributed by atoms with Crippen molar-refractivity contribution >= 4 is 21.9 Å². The largest absolute Gasteiger partial charge is 0.444 e. The average Bonchev–Trinajstić information content (AvgIpc) is 2.17. The van der Waals surface area contributed by atoms with Gasteiger partial charge in [-0.05, 0) is 0 Å². The molecule has 116 valence electrons. The molecule has 1 fully saturated rings. The molecule has 0 aromatic rings. The molecule has 0 bridgehead atoms. The monoisotopic (exact) mass is 326 g/mol. The van der Waals surface area contributed by atoms with Crippen molar-refractivity contribution in [3.8, 4) is 0 Å². The van der Waals surface area contributed by atoms with Crippen molar-refractivity contribution < 1.29 is 49.2 Å². The zero-order chi connectivity index (χ0) is 15.9. The first-order valence-corrected chi connectivity index (χ1v) is 6.34. The predicted octanol–water partition coefficient (Wildman–Crippen LogP) is 0.920. The number of rotatable bonds is 4. The Morgan fingerprint density at radius 3 is 2.00 bits per heavy atom. The first kappa shape index (κ1) is 16.8. The third-order valence-electron chi connectivity index (χ3n) is 2.46. The Morgan fingerprint density at radius 1 is 1.25 bits per heavy atom. The minimum Gasteiger partial charge on any atom is -0.444 e. The van der Waals surface area contributed by atoms with Crippen LogP contribution in [0.3, 0.4) is 0 Å². The number of hydrogen-bond acceptors (Lipinski definition) is 5. The number of esters is 1. The molecule has 1 aliphatic rings. The quantitative estimate of drug-likeness (QED) is 0.469. The molecule has 1 saturated carbocycles. The molecule has 0 heterocycles. The van der Waals surface area contributed by atoms with Crippen LogP contribution < -0.4 is 0 Å². The second-order valence-electron chi connectivity index (χ2n) is 4.04. The van der Waals surface area contributed by atoms with Crippen molar-refractivity contribution in [3.05, 3.63) is 0 Å². The van der Waals surface area contributed by atoms with Crippen LogP contribution in [0.4, 0.5) is 22.0 Å². The van der Waals surface area contributed by atoms with E-state index in [1.165, 1.54) is 0 Å². The Bertz CT molecular complexity index is 516. The number of halogens is 5. The smallest absolute Gasteiger partial charge is 0.432 e. The first-order valence-electron chi connectivity index (χ1n) is 4.90. The zero-order valence-electron chi connectivity index (χ0n) is 9.36. The zero-order valence-corrected chi connectivity index (χ0v) is 10.2. The molecular weight excluding hydrogens is 319 g/mol. The summed E-state index contributed by atoms with van der Waals surface area (Å²) in [4.78, 5) is 21.7.